The molecule has 0 aliphatic carbocycles. The topological polar surface area (TPSA) is 82.7 Å². The van der Waals surface area contributed by atoms with E-state index >= 15 is 0 Å². The fourth-order valence-corrected chi connectivity index (χ4v) is 3.70. The van der Waals surface area contributed by atoms with Gasteiger partial charge in [0.2, 0.25) is 5.95 Å². The molecule has 28 heavy (non-hydrogen) atoms. The Morgan fingerprint density at radius 3 is 2.36 bits per heavy atom. The maximum absolute atomic E-state index is 6.23. The van der Waals surface area contributed by atoms with E-state index in [1.807, 2.05) is 24.3 Å². The highest BCUT2D eigenvalue weighted by Gasteiger charge is 2.26. The lowest BCUT2D eigenvalue weighted by atomic mass is 9.98. The molecule has 1 saturated heterocycles. The number of hydrogen-bond donors (Lipinski definition) is 1. The van der Waals surface area contributed by atoms with Crippen LogP contribution in [0.1, 0.15) is 17.9 Å². The van der Waals surface area contributed by atoms with Gasteiger partial charge in [0.1, 0.15) is 11.6 Å². The molecule has 2 heterocycles. The van der Waals surface area contributed by atoms with E-state index in [9.17, 15) is 0 Å². The Balaban J connectivity index is 1.62. The summed E-state index contributed by atoms with van der Waals surface area (Å²) in [4.78, 5) is 11.5. The monoisotopic (exact) mass is 380 g/mol. The second-order valence-electron chi connectivity index (χ2n) is 6.84. The van der Waals surface area contributed by atoms with Crippen molar-refractivity contribution in [1.29, 1.82) is 0 Å². The van der Waals surface area contributed by atoms with Crippen molar-refractivity contribution in [2.24, 2.45) is 0 Å². The molecule has 1 aliphatic rings. The van der Waals surface area contributed by atoms with Crippen LogP contribution in [0.15, 0.2) is 36.4 Å². The number of nitrogens with two attached hydrogens (primary N) is 1. The Morgan fingerprint density at radius 2 is 1.68 bits per heavy atom. The van der Waals surface area contributed by atoms with E-state index in [0.717, 1.165) is 36.2 Å². The van der Waals surface area contributed by atoms with Gasteiger partial charge in [0.05, 0.1) is 26.8 Å². The van der Waals surface area contributed by atoms with Crippen molar-refractivity contribution in [2.75, 3.05) is 45.1 Å². The summed E-state index contributed by atoms with van der Waals surface area (Å²) in [6.07, 6.45) is 1.04. The van der Waals surface area contributed by atoms with Gasteiger partial charge in [-0.25, -0.2) is 4.98 Å². The first-order chi connectivity index (χ1) is 13.6. The summed E-state index contributed by atoms with van der Waals surface area (Å²) in [5.74, 6) is 3.61. The standard InChI is InChI=1S/C21H24N4O3/c1-26-15-6-4-13(5-7-15)14-8-9-25(12-14)21-23-17-11-19(28-3)18(27-2)10-16(17)20(22)24-21/h4-7,10-11,14H,8-9,12H2,1-3H3,(H2,22,23,24). The lowest BCUT2D eigenvalue weighted by Gasteiger charge is -2.18. The zero-order valence-electron chi connectivity index (χ0n) is 16.3. The maximum Gasteiger partial charge on any atom is 0.227 e. The highest BCUT2D eigenvalue weighted by Crippen LogP contribution is 2.35. The van der Waals surface area contributed by atoms with Crippen LogP contribution in [0.3, 0.4) is 0 Å². The van der Waals surface area contributed by atoms with E-state index in [-0.39, 0.29) is 0 Å². The summed E-state index contributed by atoms with van der Waals surface area (Å²) < 4.78 is 16.0. The Kier molecular flexibility index (Phi) is 4.81. The SMILES string of the molecule is COc1ccc(C2CCN(c3nc(N)c4cc(OC)c(OC)cc4n3)C2)cc1. The minimum atomic E-state index is 0.428. The summed E-state index contributed by atoms with van der Waals surface area (Å²) in [7, 11) is 4.88. The molecular weight excluding hydrogens is 356 g/mol. The molecule has 0 spiro atoms. The van der Waals surface area contributed by atoms with Gasteiger partial charge < -0.3 is 24.8 Å². The first-order valence-electron chi connectivity index (χ1n) is 9.21. The lowest BCUT2D eigenvalue weighted by molar-refractivity contribution is 0.356. The van der Waals surface area contributed by atoms with Crippen molar-refractivity contribution in [3.05, 3.63) is 42.0 Å². The summed E-state index contributed by atoms with van der Waals surface area (Å²) in [5.41, 5.74) is 8.27. The molecule has 4 rings (SSSR count). The van der Waals surface area contributed by atoms with E-state index in [4.69, 9.17) is 24.9 Å². The number of methoxy groups -OCH3 is 3. The number of nitrogen functional groups attached to an aromatic ring is 1. The Morgan fingerprint density at radius 1 is 0.964 bits per heavy atom. The van der Waals surface area contributed by atoms with Gasteiger partial charge >= 0.3 is 0 Å². The van der Waals surface area contributed by atoms with Gasteiger partial charge in [0.25, 0.3) is 0 Å². The molecule has 7 heteroatoms. The molecule has 0 amide bonds. The molecule has 0 bridgehead atoms. The van der Waals surface area contributed by atoms with Crippen molar-refractivity contribution in [1.82, 2.24) is 9.97 Å². The number of nitrogens with zero attached hydrogens (tertiary/aromatic N) is 3. The number of aromatic nitrogens is 2. The van der Waals surface area contributed by atoms with Crippen molar-refractivity contribution in [3.63, 3.8) is 0 Å². The fraction of sp³-hybridized carbons (Fsp3) is 0.333. The molecule has 2 aromatic carbocycles. The summed E-state index contributed by atoms with van der Waals surface area (Å²) in [5, 5.41) is 0.757. The van der Waals surface area contributed by atoms with Crippen LogP contribution < -0.4 is 24.8 Å². The fourth-order valence-electron chi connectivity index (χ4n) is 3.70. The molecule has 1 aromatic heterocycles. The van der Waals surface area contributed by atoms with Crippen molar-refractivity contribution in [2.45, 2.75) is 12.3 Å². The van der Waals surface area contributed by atoms with Gasteiger partial charge in [0.15, 0.2) is 11.5 Å². The van der Waals surface area contributed by atoms with Crippen molar-refractivity contribution < 1.29 is 14.2 Å². The highest BCUT2D eigenvalue weighted by atomic mass is 16.5. The summed E-state index contributed by atoms with van der Waals surface area (Å²) >= 11 is 0. The molecule has 1 aliphatic heterocycles. The second kappa shape index (κ2) is 7.42. The molecule has 2 N–H and O–H groups in total. The molecule has 1 unspecified atom stereocenters. The minimum absolute atomic E-state index is 0.428. The number of rotatable bonds is 5. The maximum atomic E-state index is 6.23. The third kappa shape index (κ3) is 3.24. The molecule has 0 saturated carbocycles. The lowest BCUT2D eigenvalue weighted by Crippen LogP contribution is -2.22. The van der Waals surface area contributed by atoms with Crippen LogP contribution in [-0.2, 0) is 0 Å². The predicted octanol–water partition coefficient (Wildman–Crippen LogP) is 3.23. The van der Waals surface area contributed by atoms with Gasteiger partial charge in [0, 0.05) is 30.5 Å². The number of benzene rings is 2. The molecule has 1 fully saturated rings. The quantitative estimate of drug-likeness (QED) is 0.727. The third-order valence-corrected chi connectivity index (χ3v) is 5.28. The van der Waals surface area contributed by atoms with E-state index < -0.39 is 0 Å². The van der Waals surface area contributed by atoms with Crippen molar-refractivity contribution in [3.8, 4) is 17.2 Å². The van der Waals surface area contributed by atoms with Crippen LogP contribution in [0.2, 0.25) is 0 Å². The van der Waals surface area contributed by atoms with Gasteiger partial charge in [-0.15, -0.1) is 0 Å². The van der Waals surface area contributed by atoms with Crippen LogP contribution in [-0.4, -0.2) is 44.4 Å². The number of hydrogen-bond acceptors (Lipinski definition) is 7. The van der Waals surface area contributed by atoms with Crippen LogP contribution >= 0.6 is 0 Å². The Hall–Kier alpha value is -3.22. The largest absolute Gasteiger partial charge is 0.497 e. The third-order valence-electron chi connectivity index (χ3n) is 5.28. The van der Waals surface area contributed by atoms with E-state index in [0.29, 0.717) is 29.2 Å². The highest BCUT2D eigenvalue weighted by molar-refractivity contribution is 5.91. The average Bonchev–Trinajstić information content (AvgIpc) is 3.23. The molecule has 1 atom stereocenters. The van der Waals surface area contributed by atoms with Crippen LogP contribution in [0, 0.1) is 0 Å². The van der Waals surface area contributed by atoms with Gasteiger partial charge in [-0.1, -0.05) is 12.1 Å². The molecule has 7 nitrogen and oxygen atoms in total. The first-order valence-corrected chi connectivity index (χ1v) is 9.21. The molecule has 0 radical (unpaired) electrons. The van der Waals surface area contributed by atoms with Crippen LogP contribution in [0.25, 0.3) is 10.9 Å². The summed E-state index contributed by atoms with van der Waals surface area (Å²) in [6, 6.07) is 11.9. The van der Waals surface area contributed by atoms with E-state index in [1.54, 1.807) is 21.3 Å². The van der Waals surface area contributed by atoms with Gasteiger partial charge in [-0.05, 0) is 30.2 Å². The number of ether oxygens (including phenoxy) is 3. The Labute approximate surface area is 164 Å². The second-order valence-corrected chi connectivity index (χ2v) is 6.84. The minimum Gasteiger partial charge on any atom is -0.497 e. The zero-order chi connectivity index (χ0) is 19.7. The molecule has 3 aromatic rings. The molecule has 146 valence electrons. The Bertz CT molecular complexity index is 991. The normalized spacial score (nSPS) is 16.4. The van der Waals surface area contributed by atoms with E-state index in [1.165, 1.54) is 5.56 Å². The zero-order valence-corrected chi connectivity index (χ0v) is 16.3. The van der Waals surface area contributed by atoms with Crippen molar-refractivity contribution >= 4 is 22.7 Å². The smallest absolute Gasteiger partial charge is 0.227 e. The van der Waals surface area contributed by atoms with Gasteiger partial charge in [-0.2, -0.15) is 4.98 Å². The van der Waals surface area contributed by atoms with Gasteiger partial charge in [-0.3, -0.25) is 0 Å². The number of fused-ring (bicyclic) bond motifs is 1. The van der Waals surface area contributed by atoms with E-state index in [2.05, 4.69) is 22.0 Å². The predicted molar refractivity (Wildman–Crippen MR) is 110 cm³/mol. The number of anilines is 2. The molecular formula is C21H24N4O3. The summed E-state index contributed by atoms with van der Waals surface area (Å²) in [6.45, 7) is 1.74. The average molecular weight is 380 g/mol. The first kappa shape index (κ1) is 18.2. The van der Waals surface area contributed by atoms with Crippen LogP contribution in [0.4, 0.5) is 11.8 Å². The van der Waals surface area contributed by atoms with Crippen LogP contribution in [0.5, 0.6) is 17.2 Å².